The molecule has 3 rings (SSSR count). The minimum atomic E-state index is -0.608. The standard InChI is InChI=1S/C23H23NO/c1-23(2,20-16-10-5-11-17-20)22(25)24-21(18-12-6-3-7-13-18)19-14-8-4-9-15-19/h3-17,21H,1-2H3,(H,24,25). The smallest absolute Gasteiger partial charge is 0.230 e. The zero-order valence-electron chi connectivity index (χ0n) is 14.6. The van der Waals surface area contributed by atoms with Crippen LogP contribution in [0.2, 0.25) is 0 Å². The van der Waals surface area contributed by atoms with Crippen molar-refractivity contribution in [2.24, 2.45) is 0 Å². The van der Waals surface area contributed by atoms with Crippen molar-refractivity contribution in [2.75, 3.05) is 0 Å². The van der Waals surface area contributed by atoms with Crippen LogP contribution >= 0.6 is 0 Å². The minimum absolute atomic E-state index is 0.0106. The van der Waals surface area contributed by atoms with E-state index in [9.17, 15) is 4.79 Å². The molecule has 3 aromatic rings. The maximum atomic E-state index is 13.1. The lowest BCUT2D eigenvalue weighted by Crippen LogP contribution is -2.42. The van der Waals surface area contributed by atoms with Gasteiger partial charge in [-0.15, -0.1) is 0 Å². The summed E-state index contributed by atoms with van der Waals surface area (Å²) in [5.41, 5.74) is 2.55. The Morgan fingerprint density at radius 3 is 1.56 bits per heavy atom. The molecule has 0 aliphatic heterocycles. The molecule has 2 nitrogen and oxygen atoms in total. The van der Waals surface area contributed by atoms with E-state index in [0.29, 0.717) is 0 Å². The summed E-state index contributed by atoms with van der Waals surface area (Å²) in [6.45, 7) is 3.93. The minimum Gasteiger partial charge on any atom is -0.344 e. The van der Waals surface area contributed by atoms with E-state index >= 15 is 0 Å². The van der Waals surface area contributed by atoms with E-state index < -0.39 is 5.41 Å². The van der Waals surface area contributed by atoms with Crippen LogP contribution < -0.4 is 5.32 Å². The molecule has 1 amide bonds. The monoisotopic (exact) mass is 329 g/mol. The Morgan fingerprint density at radius 2 is 1.12 bits per heavy atom. The van der Waals surface area contributed by atoms with Crippen molar-refractivity contribution in [1.82, 2.24) is 5.32 Å². The van der Waals surface area contributed by atoms with Gasteiger partial charge in [-0.2, -0.15) is 0 Å². The molecule has 126 valence electrons. The second-order valence-electron chi connectivity index (χ2n) is 6.72. The molecule has 0 aliphatic carbocycles. The van der Waals surface area contributed by atoms with E-state index in [0.717, 1.165) is 16.7 Å². The van der Waals surface area contributed by atoms with Crippen molar-refractivity contribution in [3.63, 3.8) is 0 Å². The Bertz CT molecular complexity index is 771. The Balaban J connectivity index is 1.92. The first-order chi connectivity index (χ1) is 12.1. The number of amides is 1. The van der Waals surface area contributed by atoms with Gasteiger partial charge in [0.15, 0.2) is 0 Å². The first kappa shape index (κ1) is 17.0. The van der Waals surface area contributed by atoms with Gasteiger partial charge >= 0.3 is 0 Å². The van der Waals surface area contributed by atoms with Gasteiger partial charge < -0.3 is 5.32 Å². The summed E-state index contributed by atoms with van der Waals surface area (Å²) in [6, 6.07) is 29.9. The van der Waals surface area contributed by atoms with Crippen molar-refractivity contribution in [2.45, 2.75) is 25.3 Å². The van der Waals surface area contributed by atoms with Gasteiger partial charge in [0.2, 0.25) is 5.91 Å². The first-order valence-corrected chi connectivity index (χ1v) is 8.55. The third kappa shape index (κ3) is 3.80. The number of carbonyl (C=O) groups is 1. The second kappa shape index (κ2) is 7.35. The molecule has 0 aliphatic rings. The highest BCUT2D eigenvalue weighted by Gasteiger charge is 2.31. The van der Waals surface area contributed by atoms with Gasteiger partial charge in [-0.3, -0.25) is 4.79 Å². The first-order valence-electron chi connectivity index (χ1n) is 8.55. The molecule has 0 spiro atoms. The lowest BCUT2D eigenvalue weighted by molar-refractivity contribution is -0.126. The average Bonchev–Trinajstić information content (AvgIpc) is 2.68. The molecule has 0 atom stereocenters. The van der Waals surface area contributed by atoms with Crippen molar-refractivity contribution in [3.8, 4) is 0 Å². The van der Waals surface area contributed by atoms with E-state index in [1.165, 1.54) is 0 Å². The van der Waals surface area contributed by atoms with Crippen molar-refractivity contribution in [3.05, 3.63) is 108 Å². The molecule has 0 fully saturated rings. The fraction of sp³-hybridized carbons (Fsp3) is 0.174. The maximum absolute atomic E-state index is 13.1. The predicted octanol–water partition coefficient (Wildman–Crippen LogP) is 4.87. The highest BCUT2D eigenvalue weighted by molar-refractivity contribution is 5.88. The van der Waals surface area contributed by atoms with Crippen LogP contribution in [0.15, 0.2) is 91.0 Å². The maximum Gasteiger partial charge on any atom is 0.230 e. The molecule has 3 aromatic carbocycles. The molecule has 0 heterocycles. The van der Waals surface area contributed by atoms with Gasteiger partial charge in [-0.05, 0) is 30.5 Å². The quantitative estimate of drug-likeness (QED) is 0.711. The normalized spacial score (nSPS) is 11.3. The van der Waals surface area contributed by atoms with Crippen LogP contribution in [0.1, 0.15) is 36.6 Å². The molecule has 0 saturated carbocycles. The topological polar surface area (TPSA) is 29.1 Å². The van der Waals surface area contributed by atoms with Gasteiger partial charge in [-0.1, -0.05) is 91.0 Å². The van der Waals surface area contributed by atoms with E-state index in [-0.39, 0.29) is 11.9 Å². The van der Waals surface area contributed by atoms with Crippen molar-refractivity contribution >= 4 is 5.91 Å². The molecule has 25 heavy (non-hydrogen) atoms. The van der Waals surface area contributed by atoms with Crippen LogP contribution in [0.3, 0.4) is 0 Å². The molecular weight excluding hydrogens is 306 g/mol. The Labute approximate surface area is 149 Å². The number of hydrogen-bond donors (Lipinski definition) is 1. The molecule has 0 saturated heterocycles. The van der Waals surface area contributed by atoms with E-state index in [1.807, 2.05) is 105 Å². The number of benzene rings is 3. The fourth-order valence-electron chi connectivity index (χ4n) is 2.95. The molecule has 2 heteroatoms. The fourth-order valence-corrected chi connectivity index (χ4v) is 2.95. The van der Waals surface area contributed by atoms with Gasteiger partial charge in [0, 0.05) is 0 Å². The van der Waals surface area contributed by atoms with Crippen molar-refractivity contribution in [1.29, 1.82) is 0 Å². The molecule has 0 radical (unpaired) electrons. The Morgan fingerprint density at radius 1 is 0.720 bits per heavy atom. The summed E-state index contributed by atoms with van der Waals surface area (Å²) in [5, 5.41) is 3.25. The Hall–Kier alpha value is -2.87. The summed E-state index contributed by atoms with van der Waals surface area (Å²) < 4.78 is 0. The number of rotatable bonds is 5. The Kier molecular flexibility index (Phi) is 4.99. The van der Waals surface area contributed by atoms with Crippen LogP contribution in [0.5, 0.6) is 0 Å². The largest absolute Gasteiger partial charge is 0.344 e. The summed E-state index contributed by atoms with van der Waals surface area (Å²) in [6.07, 6.45) is 0. The average molecular weight is 329 g/mol. The lowest BCUT2D eigenvalue weighted by atomic mass is 9.83. The zero-order valence-corrected chi connectivity index (χ0v) is 14.6. The number of nitrogens with one attached hydrogen (secondary N) is 1. The SMILES string of the molecule is CC(C)(C(=O)NC(c1ccccc1)c1ccccc1)c1ccccc1. The molecule has 0 aromatic heterocycles. The van der Waals surface area contributed by atoms with E-state index in [2.05, 4.69) is 5.32 Å². The van der Waals surface area contributed by atoms with E-state index in [1.54, 1.807) is 0 Å². The van der Waals surface area contributed by atoms with Crippen LogP contribution in [-0.4, -0.2) is 5.91 Å². The highest BCUT2D eigenvalue weighted by atomic mass is 16.2. The second-order valence-corrected chi connectivity index (χ2v) is 6.72. The molecule has 0 unspecified atom stereocenters. The number of carbonyl (C=O) groups excluding carboxylic acids is 1. The highest BCUT2D eigenvalue weighted by Crippen LogP contribution is 2.27. The van der Waals surface area contributed by atoms with Crippen molar-refractivity contribution < 1.29 is 4.79 Å². The van der Waals surface area contributed by atoms with Gasteiger partial charge in [0.05, 0.1) is 11.5 Å². The van der Waals surface area contributed by atoms with E-state index in [4.69, 9.17) is 0 Å². The third-order valence-electron chi connectivity index (χ3n) is 4.60. The number of hydrogen-bond acceptors (Lipinski definition) is 1. The van der Waals surface area contributed by atoms with Gasteiger partial charge in [0.25, 0.3) is 0 Å². The van der Waals surface area contributed by atoms with Crippen LogP contribution in [0.4, 0.5) is 0 Å². The van der Waals surface area contributed by atoms with Crippen LogP contribution in [0.25, 0.3) is 0 Å². The van der Waals surface area contributed by atoms with Gasteiger partial charge in [-0.25, -0.2) is 0 Å². The predicted molar refractivity (Wildman–Crippen MR) is 102 cm³/mol. The summed E-state index contributed by atoms with van der Waals surface area (Å²) in [5.74, 6) is 0.0106. The summed E-state index contributed by atoms with van der Waals surface area (Å²) in [7, 11) is 0. The van der Waals surface area contributed by atoms with Gasteiger partial charge in [0.1, 0.15) is 0 Å². The zero-order chi connectivity index (χ0) is 17.7. The summed E-state index contributed by atoms with van der Waals surface area (Å²) >= 11 is 0. The van der Waals surface area contributed by atoms with Crippen LogP contribution in [0, 0.1) is 0 Å². The molecule has 0 bridgehead atoms. The van der Waals surface area contributed by atoms with Crippen LogP contribution in [-0.2, 0) is 10.2 Å². The molecule has 1 N–H and O–H groups in total. The molecular formula is C23H23NO. The lowest BCUT2D eigenvalue weighted by Gasteiger charge is -2.28. The third-order valence-corrected chi connectivity index (χ3v) is 4.60. The summed E-state index contributed by atoms with van der Waals surface area (Å²) in [4.78, 5) is 13.1.